The summed E-state index contributed by atoms with van der Waals surface area (Å²) in [4.78, 5) is 53.3. The number of carbonyl (C=O) groups is 2. The first-order chi connectivity index (χ1) is 9.30. The summed E-state index contributed by atoms with van der Waals surface area (Å²) >= 11 is -0.0293. The van der Waals surface area contributed by atoms with E-state index in [1.54, 1.807) is 12.1 Å². The zero-order valence-corrected chi connectivity index (χ0v) is 12.7. The molecule has 8 heteroatoms. The van der Waals surface area contributed by atoms with Crippen LogP contribution in [-0.4, -0.2) is 25.9 Å². The average Bonchev–Trinajstić information content (AvgIpc) is 2.61. The van der Waals surface area contributed by atoms with Crippen molar-refractivity contribution < 1.29 is 24.3 Å². The molecule has 0 saturated heterocycles. The van der Waals surface area contributed by atoms with E-state index in [0.717, 1.165) is 17.5 Å². The van der Waals surface area contributed by atoms with Gasteiger partial charge in [0.15, 0.2) is 0 Å². The van der Waals surface area contributed by atoms with Crippen LogP contribution in [-0.2, 0) is 24.0 Å². The standard InChI is InChI=1S/C12H14NO5PS/c1-3-7-5-6-9-10(8(7)4-2)12(15)13(11(9)14)20-19(16,17)18/h5-6H,3-4H2,1-2H3,(H2-,16,17,18). The zero-order valence-electron chi connectivity index (χ0n) is 11.0. The van der Waals surface area contributed by atoms with Crippen molar-refractivity contribution >= 4 is 29.7 Å². The van der Waals surface area contributed by atoms with E-state index in [1.165, 1.54) is 0 Å². The number of hydrogen-bond donors (Lipinski definition) is 2. The van der Waals surface area contributed by atoms with Gasteiger partial charge in [-0.25, -0.2) is 0 Å². The molecule has 0 fully saturated rings. The van der Waals surface area contributed by atoms with Crippen LogP contribution in [0.3, 0.4) is 0 Å². The molecule has 2 rings (SSSR count). The second-order valence-electron chi connectivity index (χ2n) is 4.31. The third-order valence-corrected chi connectivity index (χ3v) is 4.98. The Hall–Kier alpha value is -1.11. The molecule has 1 aromatic rings. The molecule has 0 bridgehead atoms. The fourth-order valence-electron chi connectivity index (χ4n) is 2.33. The maximum absolute atomic E-state index is 12.3. The lowest BCUT2D eigenvalue weighted by Crippen LogP contribution is -2.26. The van der Waals surface area contributed by atoms with Gasteiger partial charge < -0.3 is 14.7 Å². The fraction of sp³-hybridized carbons (Fsp3) is 0.333. The number of carbonyl (C=O) groups excluding carboxylic acids is 2. The van der Waals surface area contributed by atoms with Gasteiger partial charge in [0.1, 0.15) is 0 Å². The molecule has 20 heavy (non-hydrogen) atoms. The average molecular weight is 315 g/mol. The number of benzene rings is 1. The normalized spacial score (nSPS) is 14.8. The van der Waals surface area contributed by atoms with Gasteiger partial charge in [0.05, 0.1) is 11.1 Å². The molecule has 2 amide bonds. The summed E-state index contributed by atoms with van der Waals surface area (Å²) in [6.07, 6.45) is 1.31. The van der Waals surface area contributed by atoms with Crippen molar-refractivity contribution in [1.29, 1.82) is 0 Å². The van der Waals surface area contributed by atoms with Crippen LogP contribution in [0.4, 0.5) is 0 Å². The minimum Gasteiger partial charge on any atom is -0.740 e. The summed E-state index contributed by atoms with van der Waals surface area (Å²) in [5.41, 5.74) is 2.23. The smallest absolute Gasteiger partial charge is 0.354 e. The summed E-state index contributed by atoms with van der Waals surface area (Å²) in [7, 11) is 0. The predicted octanol–water partition coefficient (Wildman–Crippen LogP) is 0.427. The third kappa shape index (κ3) is 2.55. The highest BCUT2D eigenvalue weighted by atomic mass is 32.5. The molecule has 0 atom stereocenters. The Labute approximate surface area is 120 Å². The van der Waals surface area contributed by atoms with Crippen molar-refractivity contribution in [3.8, 4) is 0 Å². The molecule has 0 spiro atoms. The van der Waals surface area contributed by atoms with Gasteiger partial charge in [0, 0.05) is 0 Å². The Morgan fingerprint density at radius 2 is 1.85 bits per heavy atom. The van der Waals surface area contributed by atoms with Gasteiger partial charge >= 0.3 is 29.7 Å². The molecule has 1 aliphatic rings. The predicted molar refractivity (Wildman–Crippen MR) is 74.4 cm³/mol. The number of rotatable bonds is 3. The van der Waals surface area contributed by atoms with Crippen molar-refractivity contribution in [1.82, 2.24) is 4.31 Å². The highest BCUT2D eigenvalue weighted by molar-refractivity contribution is 8.15. The molecular weight excluding hydrogens is 301 g/mol. The van der Waals surface area contributed by atoms with E-state index < -0.39 is 18.5 Å². The zero-order chi connectivity index (χ0) is 15.1. The molecule has 1 aliphatic heterocycles. The Morgan fingerprint density at radius 1 is 1.20 bits per heavy atom. The van der Waals surface area contributed by atoms with Crippen molar-refractivity contribution in [3.63, 3.8) is 0 Å². The van der Waals surface area contributed by atoms with E-state index in [2.05, 4.69) is 0 Å². The van der Waals surface area contributed by atoms with Crippen LogP contribution in [0, 0.1) is 0 Å². The highest BCUT2D eigenvalue weighted by Gasteiger charge is 2.45. The van der Waals surface area contributed by atoms with E-state index in [0.29, 0.717) is 10.7 Å². The van der Waals surface area contributed by atoms with Crippen molar-refractivity contribution in [2.24, 2.45) is 0 Å². The lowest BCUT2D eigenvalue weighted by atomic mass is 9.94. The molecule has 1 aromatic carbocycles. The van der Waals surface area contributed by atoms with Crippen LogP contribution in [0.1, 0.15) is 45.7 Å². The highest BCUT2D eigenvalue weighted by Crippen LogP contribution is 2.33. The van der Waals surface area contributed by atoms with Crippen molar-refractivity contribution in [2.45, 2.75) is 26.7 Å². The lowest BCUT2D eigenvalue weighted by molar-refractivity contribution is -0.196. The summed E-state index contributed by atoms with van der Waals surface area (Å²) in [6.45, 7) is -0.731. The van der Waals surface area contributed by atoms with Gasteiger partial charge in [-0.05, 0) is 34.3 Å². The Morgan fingerprint density at radius 3 is 2.35 bits per heavy atom. The molecule has 0 aromatic heterocycles. The second-order valence-corrected chi connectivity index (χ2v) is 7.74. The molecule has 108 valence electrons. The first-order valence-corrected chi connectivity index (χ1v) is 9.08. The first kappa shape index (κ1) is 15.3. The lowest BCUT2D eigenvalue weighted by Gasteiger charge is -2.08. The molecule has 1 heterocycles. The number of fused-ring (bicyclic) bond motifs is 1. The summed E-state index contributed by atoms with van der Waals surface area (Å²) in [5, 5.41) is 0. The van der Waals surface area contributed by atoms with E-state index in [1.807, 2.05) is 13.8 Å². The number of nitrogens with zero attached hydrogens (tertiary/aromatic N) is 1. The Kier molecular flexibility index (Phi) is 4.09. The van der Waals surface area contributed by atoms with Crippen molar-refractivity contribution in [2.75, 3.05) is 0 Å². The topological polar surface area (TPSA) is 101 Å². The van der Waals surface area contributed by atoms with Crippen molar-refractivity contribution in [3.05, 3.63) is 34.4 Å². The summed E-state index contributed by atoms with van der Waals surface area (Å²) in [5.74, 6) is -1.32. The van der Waals surface area contributed by atoms with Crippen LogP contribution in [0.25, 0.3) is 0 Å². The number of amides is 2. The van der Waals surface area contributed by atoms with E-state index in [9.17, 15) is 14.5 Å². The summed E-state index contributed by atoms with van der Waals surface area (Å²) in [6, 6.07) is 3.34. The van der Waals surface area contributed by atoms with Gasteiger partial charge in [-0.3, -0.25) is 9.59 Å². The molecule has 0 unspecified atom stereocenters. The first-order valence-electron chi connectivity index (χ1n) is 6.09. The van der Waals surface area contributed by atoms with Crippen LogP contribution >= 0.6 is 6.72 Å². The number of imide groups is 1. The van der Waals surface area contributed by atoms with Gasteiger partial charge in [-0.1, -0.05) is 19.9 Å². The number of hydrogen-bond acceptors (Lipinski definition) is 3. The van der Waals surface area contributed by atoms with Crippen LogP contribution in [0.2, 0.25) is 0 Å². The Bertz CT molecular complexity index is 643. The molecular formula is C12H14NO5PS. The van der Waals surface area contributed by atoms with E-state index in [4.69, 9.17) is 9.79 Å². The van der Waals surface area contributed by atoms with Gasteiger partial charge in [0.2, 0.25) is 0 Å². The largest absolute Gasteiger partial charge is 0.740 e. The van der Waals surface area contributed by atoms with Crippen LogP contribution < -0.4 is 4.89 Å². The van der Waals surface area contributed by atoms with E-state index in [-0.39, 0.29) is 22.3 Å². The molecule has 0 saturated carbocycles. The maximum Gasteiger partial charge on any atom is 0.354 e. The second kappa shape index (κ2) is 5.35. The van der Waals surface area contributed by atoms with Crippen LogP contribution in [0.5, 0.6) is 0 Å². The Balaban J connectivity index is 2.63. The molecule has 0 aliphatic carbocycles. The molecule has 2 N–H and O–H groups in total. The van der Waals surface area contributed by atoms with Crippen LogP contribution in [0.15, 0.2) is 12.1 Å². The SMILES string of the molecule is CCc1ccc2c(c1CC)C(=O)N([S+]=P([O-])(O)O)C2=O. The maximum atomic E-state index is 12.3. The fourth-order valence-corrected chi connectivity index (χ4v) is 3.97. The van der Waals surface area contributed by atoms with Gasteiger partial charge in [-0.2, -0.15) is 0 Å². The molecule has 6 nitrogen and oxygen atoms in total. The summed E-state index contributed by atoms with van der Waals surface area (Å²) < 4.78 is 0.560. The third-order valence-electron chi connectivity index (χ3n) is 3.15. The van der Waals surface area contributed by atoms with Gasteiger partial charge in [0.25, 0.3) is 0 Å². The monoisotopic (exact) mass is 315 g/mol. The molecule has 0 radical (unpaired) electrons. The van der Waals surface area contributed by atoms with Gasteiger partial charge in [-0.15, -0.1) is 0 Å². The van der Waals surface area contributed by atoms with E-state index >= 15 is 0 Å². The quantitative estimate of drug-likeness (QED) is 0.364. The number of aryl methyl sites for hydroxylation is 1. The minimum absolute atomic E-state index is 0.0293. The minimum atomic E-state index is -4.56.